The second-order valence-corrected chi connectivity index (χ2v) is 13.1. The largest absolute Gasteiger partial charge is 0.484 e. The van der Waals surface area contributed by atoms with Crippen LogP contribution in [0.4, 0.5) is 5.95 Å². The third-order valence-corrected chi connectivity index (χ3v) is 9.15. The number of likely N-dealkylation sites (tertiary alicyclic amines) is 1. The smallest absolute Gasteiger partial charge is 0.260 e. The molecule has 10 heteroatoms. The van der Waals surface area contributed by atoms with E-state index in [1.165, 1.54) is 18.2 Å². The van der Waals surface area contributed by atoms with Gasteiger partial charge in [0.15, 0.2) is 12.4 Å². The Balaban J connectivity index is 1.25. The predicted octanol–water partition coefficient (Wildman–Crippen LogP) is 6.27. The van der Waals surface area contributed by atoms with Crippen molar-refractivity contribution >= 4 is 41.0 Å². The number of thioether (sulfide) groups is 1. The van der Waals surface area contributed by atoms with Crippen LogP contribution in [0.2, 0.25) is 5.02 Å². The third kappa shape index (κ3) is 6.02. The van der Waals surface area contributed by atoms with Crippen molar-refractivity contribution in [3.8, 4) is 5.75 Å². The number of anilines is 1. The fraction of sp³-hybridized carbons (Fsp3) is 0.419. The number of benzene rings is 2. The number of hydrogen-bond donors (Lipinski definition) is 1. The van der Waals surface area contributed by atoms with Crippen LogP contribution in [-0.4, -0.2) is 51.1 Å². The summed E-state index contributed by atoms with van der Waals surface area (Å²) in [7, 11) is 0. The topological polar surface area (TPSA) is 89.4 Å². The molecule has 0 bridgehead atoms. The number of nitrogens with zero attached hydrogens (tertiary/aromatic N) is 4. The molecule has 1 atom stereocenters. The van der Waals surface area contributed by atoms with Crippen molar-refractivity contribution in [2.45, 2.75) is 62.9 Å². The molecule has 1 unspecified atom stereocenters. The Hall–Kier alpha value is -3.30. The number of piperidine rings is 1. The standard InChI is InChI=1S/C31H34ClN5O3S/c1-31(2)16-24-27(25(38)17-31)28(20-10-12-22(13-11-20)40-18-26(39)36-14-6-3-7-15-36)37-29(33-24)34-30(35-37)41-19-21-8-4-5-9-23(21)32/h4-5,8-13,28H,3,6-7,14-19H2,1-2H3,(H,33,34,35). The van der Waals surface area contributed by atoms with Crippen LogP contribution < -0.4 is 10.1 Å². The van der Waals surface area contributed by atoms with Crippen molar-refractivity contribution in [3.05, 3.63) is 76.0 Å². The van der Waals surface area contributed by atoms with E-state index in [1.807, 2.05) is 58.1 Å². The summed E-state index contributed by atoms with van der Waals surface area (Å²) in [5, 5.41) is 9.60. The van der Waals surface area contributed by atoms with Gasteiger partial charge in [0.25, 0.3) is 5.91 Å². The van der Waals surface area contributed by atoms with Gasteiger partial charge in [0.05, 0.1) is 0 Å². The quantitative estimate of drug-likeness (QED) is 0.324. The van der Waals surface area contributed by atoms with Crippen LogP contribution in [0, 0.1) is 5.41 Å². The van der Waals surface area contributed by atoms with Crippen LogP contribution in [0.15, 0.2) is 65.0 Å². The van der Waals surface area contributed by atoms with E-state index in [-0.39, 0.29) is 23.7 Å². The molecule has 1 saturated heterocycles. The molecular formula is C31H34ClN5O3S. The lowest BCUT2D eigenvalue weighted by atomic mass is 9.73. The maximum absolute atomic E-state index is 13.5. The minimum atomic E-state index is -0.406. The summed E-state index contributed by atoms with van der Waals surface area (Å²) in [6.45, 7) is 5.87. The summed E-state index contributed by atoms with van der Waals surface area (Å²) < 4.78 is 7.66. The monoisotopic (exact) mass is 591 g/mol. The van der Waals surface area contributed by atoms with Gasteiger partial charge in [0, 0.05) is 41.6 Å². The normalized spacial score (nSPS) is 19.8. The molecule has 1 aliphatic carbocycles. The summed E-state index contributed by atoms with van der Waals surface area (Å²) in [5.74, 6) is 2.01. The van der Waals surface area contributed by atoms with Gasteiger partial charge in [-0.05, 0) is 60.4 Å². The van der Waals surface area contributed by atoms with Gasteiger partial charge in [-0.3, -0.25) is 9.59 Å². The van der Waals surface area contributed by atoms with E-state index in [1.54, 1.807) is 0 Å². The van der Waals surface area contributed by atoms with Gasteiger partial charge in [-0.15, -0.1) is 5.10 Å². The lowest BCUT2D eigenvalue weighted by Crippen LogP contribution is -2.38. The second kappa shape index (κ2) is 11.5. The number of ether oxygens (including phenoxy) is 1. The first-order chi connectivity index (χ1) is 19.8. The van der Waals surface area contributed by atoms with Crippen LogP contribution in [0.3, 0.4) is 0 Å². The van der Waals surface area contributed by atoms with Gasteiger partial charge in [0.2, 0.25) is 11.1 Å². The Morgan fingerprint density at radius 2 is 1.85 bits per heavy atom. The second-order valence-electron chi connectivity index (χ2n) is 11.7. The number of halogens is 1. The van der Waals surface area contributed by atoms with Gasteiger partial charge in [-0.1, -0.05) is 67.5 Å². The zero-order valence-electron chi connectivity index (χ0n) is 23.4. The number of hydrogen-bond acceptors (Lipinski definition) is 7. The molecule has 0 saturated carbocycles. The zero-order chi connectivity index (χ0) is 28.6. The molecule has 2 aliphatic heterocycles. The van der Waals surface area contributed by atoms with Crippen molar-refractivity contribution in [2.75, 3.05) is 25.0 Å². The SMILES string of the molecule is CC1(C)CC(=O)C2=C(C1)Nc1nc(SCc3ccccc3Cl)nn1C2c1ccc(OCC(=O)N2CCCCC2)cc1. The van der Waals surface area contributed by atoms with E-state index in [0.717, 1.165) is 54.7 Å². The molecule has 41 heavy (non-hydrogen) atoms. The number of Topliss-reactive ketones (excluding diaryl/α,β-unsaturated/α-hetero) is 1. The number of aromatic nitrogens is 3. The molecule has 1 N–H and O–H groups in total. The van der Waals surface area contributed by atoms with Crippen molar-refractivity contribution in [1.82, 2.24) is 19.7 Å². The van der Waals surface area contributed by atoms with Gasteiger partial charge in [-0.2, -0.15) is 4.98 Å². The van der Waals surface area contributed by atoms with E-state index in [2.05, 4.69) is 19.2 Å². The van der Waals surface area contributed by atoms with Crippen LogP contribution in [0.5, 0.6) is 5.75 Å². The number of allylic oxidation sites excluding steroid dienone is 2. The molecule has 8 nitrogen and oxygen atoms in total. The van der Waals surface area contributed by atoms with Gasteiger partial charge >= 0.3 is 0 Å². The first-order valence-corrected chi connectivity index (χ1v) is 15.5. The van der Waals surface area contributed by atoms with Crippen LogP contribution in [0.1, 0.15) is 63.1 Å². The Kier molecular flexibility index (Phi) is 7.83. The van der Waals surface area contributed by atoms with Gasteiger partial charge < -0.3 is 15.0 Å². The first kappa shape index (κ1) is 27.8. The number of amides is 1. The number of carbonyl (C=O) groups excluding carboxylic acids is 2. The lowest BCUT2D eigenvalue weighted by Gasteiger charge is -2.38. The van der Waals surface area contributed by atoms with E-state index in [4.69, 9.17) is 26.4 Å². The number of rotatable bonds is 7. The Bertz CT molecular complexity index is 1490. The van der Waals surface area contributed by atoms with Crippen LogP contribution in [0.25, 0.3) is 0 Å². The number of ketones is 1. The molecule has 3 heterocycles. The first-order valence-electron chi connectivity index (χ1n) is 14.1. The molecule has 0 spiro atoms. The predicted molar refractivity (Wildman–Crippen MR) is 160 cm³/mol. The summed E-state index contributed by atoms with van der Waals surface area (Å²) in [4.78, 5) is 32.8. The van der Waals surface area contributed by atoms with Crippen molar-refractivity contribution in [1.29, 1.82) is 0 Å². The highest BCUT2D eigenvalue weighted by Gasteiger charge is 2.42. The van der Waals surface area contributed by atoms with E-state index in [9.17, 15) is 9.59 Å². The highest BCUT2D eigenvalue weighted by atomic mass is 35.5. The fourth-order valence-corrected chi connectivity index (χ4v) is 6.96. The van der Waals surface area contributed by atoms with Crippen molar-refractivity contribution < 1.29 is 14.3 Å². The molecular weight excluding hydrogens is 558 g/mol. The molecule has 1 amide bonds. The minimum absolute atomic E-state index is 0.0198. The molecule has 214 valence electrons. The molecule has 3 aromatic rings. The van der Waals surface area contributed by atoms with Crippen molar-refractivity contribution in [2.24, 2.45) is 5.41 Å². The molecule has 1 aromatic heterocycles. The van der Waals surface area contributed by atoms with Gasteiger partial charge in [-0.25, -0.2) is 4.68 Å². The Morgan fingerprint density at radius 1 is 1.10 bits per heavy atom. The molecule has 1 fully saturated rings. The van der Waals surface area contributed by atoms with Gasteiger partial charge in [0.1, 0.15) is 11.8 Å². The van der Waals surface area contributed by atoms with Crippen molar-refractivity contribution in [3.63, 3.8) is 0 Å². The number of carbonyl (C=O) groups is 2. The van der Waals surface area contributed by atoms with E-state index >= 15 is 0 Å². The summed E-state index contributed by atoms with van der Waals surface area (Å²) in [6, 6.07) is 15.0. The Labute approximate surface area is 249 Å². The lowest BCUT2D eigenvalue weighted by molar-refractivity contribution is -0.134. The highest BCUT2D eigenvalue weighted by molar-refractivity contribution is 7.98. The average Bonchev–Trinajstić information content (AvgIpc) is 3.37. The van der Waals surface area contributed by atoms with Crippen LogP contribution >= 0.6 is 23.4 Å². The summed E-state index contributed by atoms with van der Waals surface area (Å²) in [6.07, 6.45) is 4.50. The number of nitrogens with one attached hydrogen (secondary N) is 1. The maximum Gasteiger partial charge on any atom is 0.260 e. The fourth-order valence-electron chi connectivity index (χ4n) is 5.84. The summed E-state index contributed by atoms with van der Waals surface area (Å²) >= 11 is 7.87. The zero-order valence-corrected chi connectivity index (χ0v) is 24.9. The molecule has 0 radical (unpaired) electrons. The van der Waals surface area contributed by atoms with E-state index < -0.39 is 6.04 Å². The van der Waals surface area contributed by atoms with E-state index in [0.29, 0.717) is 34.1 Å². The minimum Gasteiger partial charge on any atom is -0.484 e. The molecule has 2 aromatic carbocycles. The molecule has 6 rings (SSSR count). The average molecular weight is 592 g/mol. The highest BCUT2D eigenvalue weighted by Crippen LogP contribution is 2.46. The third-order valence-electron chi connectivity index (χ3n) is 7.89. The summed E-state index contributed by atoms with van der Waals surface area (Å²) in [5.41, 5.74) is 3.43. The number of fused-ring (bicyclic) bond motifs is 1. The maximum atomic E-state index is 13.5. The Morgan fingerprint density at radius 3 is 2.61 bits per heavy atom. The molecule has 3 aliphatic rings. The van der Waals surface area contributed by atoms with Crippen LogP contribution in [-0.2, 0) is 15.3 Å².